The number of nitro groups is 1. The van der Waals surface area contributed by atoms with Crippen LogP contribution in [-0.4, -0.2) is 50.4 Å². The lowest BCUT2D eigenvalue weighted by atomic mass is 10.1. The van der Waals surface area contributed by atoms with Crippen molar-refractivity contribution in [1.29, 1.82) is 0 Å². The summed E-state index contributed by atoms with van der Waals surface area (Å²) < 4.78 is 1.60. The fourth-order valence-electron chi connectivity index (χ4n) is 2.26. The van der Waals surface area contributed by atoms with Crippen molar-refractivity contribution in [1.82, 2.24) is 14.7 Å². The maximum Gasteiger partial charge on any atom is 0.306 e. The molecule has 0 aromatic carbocycles. The second kappa shape index (κ2) is 5.92. The maximum atomic E-state index is 10.5. The van der Waals surface area contributed by atoms with Crippen LogP contribution in [0.2, 0.25) is 0 Å². The van der Waals surface area contributed by atoms with Crippen molar-refractivity contribution >= 4 is 5.69 Å². The highest BCUT2D eigenvalue weighted by molar-refractivity contribution is 5.20. The number of piperidine rings is 1. The summed E-state index contributed by atoms with van der Waals surface area (Å²) in [6.07, 6.45) is 5.32. The molecule has 2 heterocycles. The molecule has 1 aliphatic heterocycles. The maximum absolute atomic E-state index is 10.5. The van der Waals surface area contributed by atoms with E-state index in [-0.39, 0.29) is 11.8 Å². The largest absolute Gasteiger partial charge is 0.392 e. The van der Waals surface area contributed by atoms with Crippen molar-refractivity contribution in [3.05, 3.63) is 22.5 Å². The van der Waals surface area contributed by atoms with Gasteiger partial charge in [0.15, 0.2) is 0 Å². The van der Waals surface area contributed by atoms with Crippen molar-refractivity contribution in [2.45, 2.75) is 31.9 Å². The van der Waals surface area contributed by atoms with E-state index >= 15 is 0 Å². The van der Waals surface area contributed by atoms with Gasteiger partial charge in [-0.05, 0) is 32.4 Å². The second-order valence-corrected chi connectivity index (χ2v) is 4.67. The lowest BCUT2D eigenvalue weighted by molar-refractivity contribution is -0.385. The third-order valence-electron chi connectivity index (χ3n) is 3.17. The van der Waals surface area contributed by atoms with Crippen LogP contribution in [0.5, 0.6) is 0 Å². The predicted molar refractivity (Wildman–Crippen MR) is 65.2 cm³/mol. The van der Waals surface area contributed by atoms with Gasteiger partial charge in [0, 0.05) is 13.1 Å². The van der Waals surface area contributed by atoms with Crippen LogP contribution in [0.3, 0.4) is 0 Å². The zero-order valence-corrected chi connectivity index (χ0v) is 10.2. The number of aromatic nitrogens is 2. The van der Waals surface area contributed by atoms with Crippen LogP contribution in [-0.2, 0) is 6.54 Å². The van der Waals surface area contributed by atoms with Crippen LogP contribution < -0.4 is 0 Å². The Bertz CT molecular complexity index is 407. The summed E-state index contributed by atoms with van der Waals surface area (Å²) in [5.74, 6) is 0. The van der Waals surface area contributed by atoms with Crippen LogP contribution in [0.15, 0.2) is 12.4 Å². The van der Waals surface area contributed by atoms with Crippen molar-refractivity contribution in [2.75, 3.05) is 19.6 Å². The van der Waals surface area contributed by atoms with Crippen LogP contribution in [0.4, 0.5) is 5.69 Å². The minimum atomic E-state index is -0.440. The van der Waals surface area contributed by atoms with E-state index in [2.05, 4.69) is 10.00 Å². The lowest BCUT2D eigenvalue weighted by Crippen LogP contribution is -2.38. The topological polar surface area (TPSA) is 84.4 Å². The molecule has 1 fully saturated rings. The summed E-state index contributed by atoms with van der Waals surface area (Å²) in [5.41, 5.74) is 0.0309. The molecule has 0 bridgehead atoms. The number of likely N-dealkylation sites (tertiary alicyclic amines) is 1. The molecular formula is C11H18N4O3. The first kappa shape index (κ1) is 13.0. The van der Waals surface area contributed by atoms with Gasteiger partial charge in [-0.2, -0.15) is 5.10 Å². The minimum Gasteiger partial charge on any atom is -0.392 e. The fourth-order valence-corrected chi connectivity index (χ4v) is 2.26. The fraction of sp³-hybridized carbons (Fsp3) is 0.727. The van der Waals surface area contributed by atoms with Gasteiger partial charge in [-0.1, -0.05) is 0 Å². The normalized spacial score (nSPS) is 21.1. The number of hydrogen-bond donors (Lipinski definition) is 1. The highest BCUT2D eigenvalue weighted by Gasteiger charge is 2.17. The highest BCUT2D eigenvalue weighted by Crippen LogP contribution is 2.11. The highest BCUT2D eigenvalue weighted by atomic mass is 16.6. The third-order valence-corrected chi connectivity index (χ3v) is 3.17. The molecule has 2 rings (SSSR count). The number of nitrogens with zero attached hydrogens (tertiary/aromatic N) is 4. The van der Waals surface area contributed by atoms with Gasteiger partial charge in [0.2, 0.25) is 0 Å². The minimum absolute atomic E-state index is 0.0309. The van der Waals surface area contributed by atoms with E-state index in [1.165, 1.54) is 12.4 Å². The summed E-state index contributed by atoms with van der Waals surface area (Å²) in [4.78, 5) is 12.3. The van der Waals surface area contributed by atoms with Gasteiger partial charge in [0.1, 0.15) is 12.4 Å². The Kier molecular flexibility index (Phi) is 4.27. The molecule has 0 spiro atoms. The number of rotatable bonds is 5. The number of hydrogen-bond acceptors (Lipinski definition) is 5. The Morgan fingerprint density at radius 1 is 1.56 bits per heavy atom. The predicted octanol–water partition coefficient (Wildman–Crippen LogP) is 0.638. The second-order valence-electron chi connectivity index (χ2n) is 4.67. The lowest BCUT2D eigenvalue weighted by Gasteiger charge is -2.29. The molecule has 0 amide bonds. The summed E-state index contributed by atoms with van der Waals surface area (Å²) >= 11 is 0. The van der Waals surface area contributed by atoms with E-state index in [0.29, 0.717) is 6.54 Å². The molecule has 7 nitrogen and oxygen atoms in total. The number of aryl methyl sites for hydroxylation is 1. The van der Waals surface area contributed by atoms with Gasteiger partial charge in [-0.25, -0.2) is 0 Å². The van der Waals surface area contributed by atoms with Crippen molar-refractivity contribution < 1.29 is 10.0 Å². The monoisotopic (exact) mass is 254 g/mol. The molecule has 18 heavy (non-hydrogen) atoms. The van der Waals surface area contributed by atoms with Crippen LogP contribution in [0.1, 0.15) is 19.3 Å². The van der Waals surface area contributed by atoms with Gasteiger partial charge in [0.05, 0.1) is 11.0 Å². The Morgan fingerprint density at radius 2 is 2.39 bits per heavy atom. The first-order chi connectivity index (χ1) is 8.65. The smallest absolute Gasteiger partial charge is 0.306 e. The zero-order chi connectivity index (χ0) is 13.0. The summed E-state index contributed by atoms with van der Waals surface area (Å²) in [7, 11) is 0. The summed E-state index contributed by atoms with van der Waals surface area (Å²) in [6, 6.07) is 0. The quantitative estimate of drug-likeness (QED) is 0.615. The van der Waals surface area contributed by atoms with Crippen LogP contribution in [0, 0.1) is 10.1 Å². The Morgan fingerprint density at radius 3 is 3.06 bits per heavy atom. The average molecular weight is 254 g/mol. The van der Waals surface area contributed by atoms with Gasteiger partial charge in [-0.15, -0.1) is 0 Å². The molecule has 1 aromatic heterocycles. The molecular weight excluding hydrogens is 236 g/mol. The molecule has 1 saturated heterocycles. The molecule has 1 aliphatic rings. The Balaban J connectivity index is 1.72. The number of β-amino-alcohol motifs (C(OH)–C–C–N with tert-alkyl or cyclic N) is 1. The molecule has 0 aliphatic carbocycles. The number of aliphatic hydroxyl groups is 1. The molecule has 7 heteroatoms. The zero-order valence-electron chi connectivity index (χ0n) is 10.2. The molecule has 1 atom stereocenters. The number of aliphatic hydroxyl groups excluding tert-OH is 1. The van der Waals surface area contributed by atoms with E-state index in [4.69, 9.17) is 0 Å². The first-order valence-electron chi connectivity index (χ1n) is 6.22. The van der Waals surface area contributed by atoms with Gasteiger partial charge in [0.25, 0.3) is 0 Å². The van der Waals surface area contributed by atoms with Crippen LogP contribution in [0.25, 0.3) is 0 Å². The molecule has 0 saturated carbocycles. The summed E-state index contributed by atoms with van der Waals surface area (Å²) in [6.45, 7) is 3.32. The van der Waals surface area contributed by atoms with Crippen molar-refractivity contribution in [3.8, 4) is 0 Å². The van der Waals surface area contributed by atoms with E-state index in [0.717, 1.165) is 38.9 Å². The van der Waals surface area contributed by atoms with Gasteiger partial charge in [-0.3, -0.25) is 14.8 Å². The Hall–Kier alpha value is -1.47. The van der Waals surface area contributed by atoms with E-state index in [9.17, 15) is 15.2 Å². The van der Waals surface area contributed by atoms with Gasteiger partial charge < -0.3 is 10.0 Å². The van der Waals surface area contributed by atoms with E-state index in [1.807, 2.05) is 0 Å². The van der Waals surface area contributed by atoms with Gasteiger partial charge >= 0.3 is 5.69 Å². The summed E-state index contributed by atoms with van der Waals surface area (Å²) in [5, 5.41) is 24.0. The third kappa shape index (κ3) is 3.51. The Labute approximate surface area is 105 Å². The van der Waals surface area contributed by atoms with Crippen molar-refractivity contribution in [2.24, 2.45) is 0 Å². The standard InChI is InChI=1S/C11H18N4O3/c16-11-3-1-4-13(9-11)5-2-6-14-8-10(7-12-14)15(17)18/h7-8,11,16H,1-6,9H2. The van der Waals surface area contributed by atoms with Crippen molar-refractivity contribution in [3.63, 3.8) is 0 Å². The first-order valence-corrected chi connectivity index (χ1v) is 6.22. The van der Waals surface area contributed by atoms with Crippen LogP contribution >= 0.6 is 0 Å². The van der Waals surface area contributed by atoms with E-state index in [1.54, 1.807) is 4.68 Å². The molecule has 100 valence electrons. The molecule has 1 N–H and O–H groups in total. The molecule has 0 radical (unpaired) electrons. The SMILES string of the molecule is O=[N+]([O-])c1cnn(CCCN2CCCC(O)C2)c1. The average Bonchev–Trinajstić information content (AvgIpc) is 2.78. The molecule has 1 unspecified atom stereocenters. The molecule has 1 aromatic rings. The van der Waals surface area contributed by atoms with E-state index < -0.39 is 4.92 Å².